The molecule has 0 unspecified atom stereocenters. The summed E-state index contributed by atoms with van der Waals surface area (Å²) < 4.78 is 46.5. The van der Waals surface area contributed by atoms with Crippen molar-refractivity contribution in [3.05, 3.63) is 142 Å². The van der Waals surface area contributed by atoms with E-state index in [0.717, 1.165) is 22.3 Å². The van der Waals surface area contributed by atoms with Gasteiger partial charge < -0.3 is 43.0 Å². The molecule has 2 amide bonds. The smallest absolute Gasteiger partial charge is 0.331 e. The molecular formula is C57H75N7O12SSi2. The number of fused-ring (bicyclic) bond motifs is 1. The Hall–Kier alpha value is -6.25. The van der Waals surface area contributed by atoms with E-state index in [-0.39, 0.29) is 57.5 Å². The van der Waals surface area contributed by atoms with Crippen LogP contribution in [0.2, 0.25) is 36.3 Å². The number of benzene rings is 4. The SMILES string of the molecule is COc1ccc(C(OC[C@H]2O[C@@H](n3cnc4c(NC(=O)N[C@H](C(=O)OCCc5ccc([N+](=O)[O-])cc5)[C@@H](C)O[Si](C)(C)C(C)(C)C)nc(SC)nc43)[C@H](O[Si](C)(C)C(C)(C)C)[C@@H]2O)(c2ccccc2)c2ccc(OC)cc2)cc1. The Morgan fingerprint density at radius 3 is 1.94 bits per heavy atom. The number of aliphatic hydroxyl groups is 1. The van der Waals surface area contributed by atoms with Gasteiger partial charge in [-0.2, -0.15) is 0 Å². The van der Waals surface area contributed by atoms with Crippen LogP contribution >= 0.6 is 11.8 Å². The molecule has 424 valence electrons. The number of urea groups is 1. The largest absolute Gasteiger partial charge is 0.497 e. The zero-order chi connectivity index (χ0) is 57.7. The lowest BCUT2D eigenvalue weighted by Gasteiger charge is -2.40. The van der Waals surface area contributed by atoms with Crippen LogP contribution in [0.15, 0.2) is 115 Å². The number of esters is 1. The standard InChI is InChI=1S/C57H75N7O12SSi2/c1-36(75-78(11,12)55(2,3)4)45(52(66)72-33-32-37-20-26-41(27-21-37)64(68)69)59-53(67)60-49-46-50(62-54(61-49)77-10)63(35-58-46)51-48(76-79(13,14)56(5,6)7)47(65)44(74-51)34-73-57(38-18-16-15-17-19-38,39-22-28-42(70-8)29-23-39)40-24-30-43(71-9)31-25-40/h15-31,35-36,44-45,47-48,51,65H,32-34H2,1-14H3,(H2,59,60,61,62,67)/t36-,44-,45+,47-,48-,51-/m1/s1. The van der Waals surface area contributed by atoms with Gasteiger partial charge in [0, 0.05) is 18.6 Å². The molecule has 6 aromatic rings. The number of nitrogens with zero attached hydrogens (tertiary/aromatic N) is 5. The number of aromatic nitrogens is 4. The number of carbonyl (C=O) groups is 2. The molecule has 79 heavy (non-hydrogen) atoms. The fraction of sp³-hybridized carbons (Fsp3) is 0.456. The van der Waals surface area contributed by atoms with Crippen LogP contribution in [0.3, 0.4) is 0 Å². The third-order valence-corrected chi connectivity index (χ3v) is 25.0. The lowest BCUT2D eigenvalue weighted by Crippen LogP contribution is -2.55. The number of thioether (sulfide) groups is 1. The molecule has 0 radical (unpaired) electrons. The minimum Gasteiger partial charge on any atom is -0.497 e. The van der Waals surface area contributed by atoms with E-state index in [9.17, 15) is 24.8 Å². The van der Waals surface area contributed by atoms with Gasteiger partial charge >= 0.3 is 12.0 Å². The monoisotopic (exact) mass is 1140 g/mol. The van der Waals surface area contributed by atoms with Crippen LogP contribution in [0.5, 0.6) is 11.5 Å². The first-order chi connectivity index (χ1) is 37.2. The fourth-order valence-electron chi connectivity index (χ4n) is 8.77. The quantitative estimate of drug-likeness (QED) is 0.0109. The normalized spacial score (nSPS) is 18.0. The summed E-state index contributed by atoms with van der Waals surface area (Å²) in [4.78, 5) is 53.3. The Morgan fingerprint density at radius 1 is 0.835 bits per heavy atom. The summed E-state index contributed by atoms with van der Waals surface area (Å²) in [5, 5.41) is 29.2. The topological polar surface area (TPSA) is 230 Å². The molecule has 7 rings (SSSR count). The molecule has 1 aliphatic heterocycles. The number of aliphatic hydroxyl groups excluding tert-OH is 1. The second kappa shape index (κ2) is 24.6. The molecule has 1 aliphatic rings. The van der Waals surface area contributed by atoms with Gasteiger partial charge in [-0.05, 0) is 96.0 Å². The van der Waals surface area contributed by atoms with Crippen LogP contribution in [-0.2, 0) is 39.9 Å². The van der Waals surface area contributed by atoms with Crippen molar-refractivity contribution in [3.63, 3.8) is 0 Å². The summed E-state index contributed by atoms with van der Waals surface area (Å²) in [6.07, 6.45) is -1.34. The second-order valence-corrected chi connectivity index (χ2v) is 32.9. The Labute approximate surface area is 468 Å². The molecule has 3 heterocycles. The molecular weight excluding hydrogens is 1060 g/mol. The zero-order valence-corrected chi connectivity index (χ0v) is 50.4. The number of nitro groups is 1. The lowest BCUT2D eigenvalue weighted by atomic mass is 9.80. The number of hydrogen-bond acceptors (Lipinski definition) is 16. The number of ether oxygens (including phenoxy) is 5. The van der Waals surface area contributed by atoms with Crippen molar-refractivity contribution in [2.24, 2.45) is 0 Å². The number of imidazole rings is 1. The highest BCUT2D eigenvalue weighted by atomic mass is 32.2. The van der Waals surface area contributed by atoms with E-state index in [1.165, 1.54) is 30.2 Å². The van der Waals surface area contributed by atoms with Crippen molar-refractivity contribution < 1.29 is 52.2 Å². The summed E-state index contributed by atoms with van der Waals surface area (Å²) >= 11 is 1.24. The van der Waals surface area contributed by atoms with Gasteiger partial charge in [0.05, 0.1) is 44.8 Å². The Balaban J connectivity index is 1.22. The number of hydrogen-bond donors (Lipinski definition) is 3. The summed E-state index contributed by atoms with van der Waals surface area (Å²) in [5.41, 5.74) is 2.36. The molecule has 0 bridgehead atoms. The van der Waals surface area contributed by atoms with Gasteiger partial charge in [0.1, 0.15) is 35.4 Å². The number of nitrogens with one attached hydrogen (secondary N) is 2. The molecule has 6 atom stereocenters. The van der Waals surface area contributed by atoms with Crippen LogP contribution in [0.4, 0.5) is 16.3 Å². The van der Waals surface area contributed by atoms with Gasteiger partial charge in [0.25, 0.3) is 5.69 Å². The number of carbonyl (C=O) groups excluding carboxylic acids is 2. The number of anilines is 1. The second-order valence-electron chi connectivity index (χ2n) is 22.6. The van der Waals surface area contributed by atoms with E-state index >= 15 is 0 Å². The molecule has 0 aliphatic carbocycles. The molecule has 22 heteroatoms. The van der Waals surface area contributed by atoms with E-state index in [0.29, 0.717) is 11.5 Å². The molecule has 2 aromatic heterocycles. The molecule has 3 N–H and O–H groups in total. The third kappa shape index (κ3) is 13.5. The van der Waals surface area contributed by atoms with E-state index < -0.39 is 75.8 Å². The van der Waals surface area contributed by atoms with Gasteiger partial charge in [-0.3, -0.25) is 20.0 Å². The van der Waals surface area contributed by atoms with Gasteiger partial charge in [0.2, 0.25) is 0 Å². The van der Waals surface area contributed by atoms with Crippen molar-refractivity contribution >= 4 is 63.1 Å². The molecule has 0 spiro atoms. The number of methoxy groups -OCH3 is 2. The maximum Gasteiger partial charge on any atom is 0.331 e. The summed E-state index contributed by atoms with van der Waals surface area (Å²) in [5.74, 6) is 0.650. The minimum atomic E-state index is -2.65. The van der Waals surface area contributed by atoms with Crippen molar-refractivity contribution in [1.82, 2.24) is 24.8 Å². The van der Waals surface area contributed by atoms with Crippen LogP contribution in [-0.4, -0.2) is 122 Å². The van der Waals surface area contributed by atoms with Gasteiger partial charge in [-0.15, -0.1) is 0 Å². The minimum absolute atomic E-state index is 0.0424. The van der Waals surface area contributed by atoms with Gasteiger partial charge in [-0.1, -0.05) is 120 Å². The third-order valence-electron chi connectivity index (χ3n) is 15.4. The fourth-order valence-corrected chi connectivity index (χ4v) is 11.8. The van der Waals surface area contributed by atoms with E-state index in [1.807, 2.05) is 92.0 Å². The maximum absolute atomic E-state index is 14.3. The predicted molar refractivity (Wildman–Crippen MR) is 309 cm³/mol. The van der Waals surface area contributed by atoms with E-state index in [1.54, 1.807) is 44.1 Å². The molecule has 1 saturated heterocycles. The maximum atomic E-state index is 14.3. The van der Waals surface area contributed by atoms with Crippen LogP contribution in [0.25, 0.3) is 11.2 Å². The first kappa shape index (κ1) is 60.4. The Kier molecular flexibility index (Phi) is 18.8. The van der Waals surface area contributed by atoms with Crippen molar-refractivity contribution in [3.8, 4) is 11.5 Å². The summed E-state index contributed by atoms with van der Waals surface area (Å²) in [6.45, 7) is 22.4. The highest BCUT2D eigenvalue weighted by Crippen LogP contribution is 2.46. The Bertz CT molecular complexity index is 3000. The van der Waals surface area contributed by atoms with Gasteiger partial charge in [-0.25, -0.2) is 24.5 Å². The first-order valence-corrected chi connectivity index (χ1v) is 33.2. The van der Waals surface area contributed by atoms with E-state index in [4.69, 9.17) is 42.5 Å². The average molecular weight is 1140 g/mol. The highest BCUT2D eigenvalue weighted by molar-refractivity contribution is 7.98. The number of rotatable bonds is 22. The first-order valence-electron chi connectivity index (χ1n) is 26.2. The van der Waals surface area contributed by atoms with Crippen molar-refractivity contribution in [2.45, 2.75) is 139 Å². The predicted octanol–water partition coefficient (Wildman–Crippen LogP) is 10.8. The van der Waals surface area contributed by atoms with Crippen LogP contribution in [0, 0.1) is 10.1 Å². The van der Waals surface area contributed by atoms with Crippen molar-refractivity contribution in [2.75, 3.05) is 39.0 Å². The number of nitro benzene ring substituents is 1. The number of non-ortho nitro benzene ring substituents is 1. The molecule has 4 aromatic carbocycles. The van der Waals surface area contributed by atoms with Crippen LogP contribution in [0.1, 0.15) is 76.9 Å². The van der Waals surface area contributed by atoms with Crippen LogP contribution < -0.4 is 20.1 Å². The van der Waals surface area contributed by atoms with Crippen molar-refractivity contribution in [1.29, 1.82) is 0 Å². The molecule has 19 nitrogen and oxygen atoms in total. The molecule has 0 saturated carbocycles. The average Bonchev–Trinajstić information content (AvgIpc) is 4.15. The lowest BCUT2D eigenvalue weighted by molar-refractivity contribution is -0.384. The summed E-state index contributed by atoms with van der Waals surface area (Å²) in [6, 6.07) is 29.2. The van der Waals surface area contributed by atoms with Gasteiger partial charge in [0.15, 0.2) is 51.0 Å². The van der Waals surface area contributed by atoms with E-state index in [2.05, 4.69) is 70.3 Å². The Morgan fingerprint density at radius 2 is 1.41 bits per heavy atom. The highest BCUT2D eigenvalue weighted by Gasteiger charge is 2.52. The number of amides is 2. The molecule has 1 fully saturated rings. The zero-order valence-electron chi connectivity index (χ0n) is 47.6. The summed E-state index contributed by atoms with van der Waals surface area (Å²) in [7, 11) is -1.91.